The molecule has 0 rings (SSSR count). The molecule has 0 bridgehead atoms. The molecule has 0 amide bonds. The Labute approximate surface area is 63.8 Å². The summed E-state index contributed by atoms with van der Waals surface area (Å²) in [6, 6.07) is -0.983. The van der Waals surface area contributed by atoms with Crippen molar-refractivity contribution in [3.05, 3.63) is 0 Å². The third kappa shape index (κ3) is 3.57. The van der Waals surface area contributed by atoms with E-state index in [1.165, 1.54) is 6.92 Å². The summed E-state index contributed by atoms with van der Waals surface area (Å²) >= 11 is 0. The minimum Gasteiger partial charge on any atom is -0.550 e. The highest BCUT2D eigenvalue weighted by atomic mass is 16.4. The molecule has 0 heterocycles. The molecule has 0 aromatic carbocycles. The number of aliphatic carboxylic acids is 2. The number of carboxylic acids is 2. The van der Waals surface area contributed by atoms with Crippen LogP contribution in [0.2, 0.25) is 0 Å². The molecule has 0 saturated heterocycles. The molecule has 3 N–H and O–H groups in total. The maximum atomic E-state index is 10.1. The highest BCUT2D eigenvalue weighted by Crippen LogP contribution is 2.00. The van der Waals surface area contributed by atoms with Gasteiger partial charge in [0.1, 0.15) is 6.04 Å². The molecule has 64 valence electrons. The van der Waals surface area contributed by atoms with Crippen molar-refractivity contribution in [2.24, 2.45) is 5.92 Å². The van der Waals surface area contributed by atoms with Crippen molar-refractivity contribution in [2.45, 2.75) is 19.4 Å². The van der Waals surface area contributed by atoms with Gasteiger partial charge in [-0.2, -0.15) is 0 Å². The SMILES string of the molecule is CC(C[C@H]([NH3+])C(=O)[O-])C(=O)[O-]. The predicted molar refractivity (Wildman–Crippen MR) is 30.5 cm³/mol. The molecule has 0 aliphatic rings. The van der Waals surface area contributed by atoms with Gasteiger partial charge in [0.25, 0.3) is 0 Å². The summed E-state index contributed by atoms with van der Waals surface area (Å²) < 4.78 is 0. The summed E-state index contributed by atoms with van der Waals surface area (Å²) in [6.07, 6.45) is -0.0509. The largest absolute Gasteiger partial charge is 0.550 e. The first kappa shape index (κ1) is 9.90. The van der Waals surface area contributed by atoms with Crippen molar-refractivity contribution in [1.82, 2.24) is 0 Å². The molecule has 0 aromatic rings. The zero-order valence-corrected chi connectivity index (χ0v) is 6.20. The number of hydrogen-bond donors (Lipinski definition) is 1. The lowest BCUT2D eigenvalue weighted by Gasteiger charge is -2.15. The molecule has 0 spiro atoms. The minimum atomic E-state index is -1.34. The molecule has 0 aliphatic carbocycles. The smallest absolute Gasteiger partial charge is 0.125 e. The second-order valence-electron chi connectivity index (χ2n) is 2.47. The monoisotopic (exact) mass is 160 g/mol. The van der Waals surface area contributed by atoms with E-state index in [9.17, 15) is 19.8 Å². The predicted octanol–water partition coefficient (Wildman–Crippen LogP) is -3.88. The van der Waals surface area contributed by atoms with Gasteiger partial charge in [0.05, 0.1) is 5.97 Å². The number of carbonyl (C=O) groups excluding carboxylic acids is 2. The van der Waals surface area contributed by atoms with E-state index >= 15 is 0 Å². The van der Waals surface area contributed by atoms with Crippen LogP contribution >= 0.6 is 0 Å². The summed E-state index contributed by atoms with van der Waals surface area (Å²) in [4.78, 5) is 20.2. The van der Waals surface area contributed by atoms with Crippen molar-refractivity contribution in [3.63, 3.8) is 0 Å². The van der Waals surface area contributed by atoms with Gasteiger partial charge < -0.3 is 25.5 Å². The van der Waals surface area contributed by atoms with E-state index in [4.69, 9.17) is 0 Å². The first-order valence-electron chi connectivity index (χ1n) is 3.20. The molecule has 0 fully saturated rings. The van der Waals surface area contributed by atoms with Crippen LogP contribution in [-0.4, -0.2) is 18.0 Å². The lowest BCUT2D eigenvalue weighted by Crippen LogP contribution is -2.69. The van der Waals surface area contributed by atoms with Gasteiger partial charge in [-0.1, -0.05) is 6.92 Å². The van der Waals surface area contributed by atoms with Crippen molar-refractivity contribution in [2.75, 3.05) is 0 Å². The van der Waals surface area contributed by atoms with Gasteiger partial charge in [0, 0.05) is 18.3 Å². The van der Waals surface area contributed by atoms with Crippen molar-refractivity contribution in [1.29, 1.82) is 0 Å². The van der Waals surface area contributed by atoms with E-state index < -0.39 is 23.9 Å². The van der Waals surface area contributed by atoms with Crippen LogP contribution in [0.25, 0.3) is 0 Å². The van der Waals surface area contributed by atoms with Crippen LogP contribution in [0.15, 0.2) is 0 Å². The average molecular weight is 160 g/mol. The van der Waals surface area contributed by atoms with Crippen molar-refractivity contribution < 1.29 is 25.5 Å². The highest BCUT2D eigenvalue weighted by molar-refractivity contribution is 5.72. The highest BCUT2D eigenvalue weighted by Gasteiger charge is 2.13. The molecule has 1 unspecified atom stereocenters. The lowest BCUT2D eigenvalue weighted by molar-refractivity contribution is -0.440. The Kier molecular flexibility index (Phi) is 3.53. The Morgan fingerprint density at radius 2 is 1.82 bits per heavy atom. The molecule has 5 heteroatoms. The first-order chi connectivity index (χ1) is 4.95. The lowest BCUT2D eigenvalue weighted by atomic mass is 10.0. The van der Waals surface area contributed by atoms with Gasteiger partial charge in [-0.05, 0) is 0 Å². The summed E-state index contributed by atoms with van der Waals surface area (Å²) in [5.74, 6) is -3.39. The quantitative estimate of drug-likeness (QED) is 0.453. The van der Waals surface area contributed by atoms with Crippen LogP contribution < -0.4 is 15.9 Å². The summed E-state index contributed by atoms with van der Waals surface area (Å²) in [6.45, 7) is 1.37. The molecule has 11 heavy (non-hydrogen) atoms. The van der Waals surface area contributed by atoms with Crippen LogP contribution in [0.5, 0.6) is 0 Å². The van der Waals surface area contributed by atoms with E-state index in [2.05, 4.69) is 5.73 Å². The maximum Gasteiger partial charge on any atom is 0.125 e. The topological polar surface area (TPSA) is 108 Å². The Balaban J connectivity index is 3.84. The van der Waals surface area contributed by atoms with Crippen LogP contribution in [0.4, 0.5) is 0 Å². The number of quaternary nitrogens is 1. The van der Waals surface area contributed by atoms with Gasteiger partial charge in [0.2, 0.25) is 0 Å². The summed E-state index contributed by atoms with van der Waals surface area (Å²) in [5.41, 5.74) is 3.21. The zero-order chi connectivity index (χ0) is 9.02. The van der Waals surface area contributed by atoms with Crippen LogP contribution in [0.3, 0.4) is 0 Å². The van der Waals surface area contributed by atoms with E-state index in [1.54, 1.807) is 0 Å². The van der Waals surface area contributed by atoms with E-state index in [0.29, 0.717) is 0 Å². The number of hydrogen-bond acceptors (Lipinski definition) is 4. The molecular formula is C6H10NO4-. The number of rotatable bonds is 4. The molecule has 5 nitrogen and oxygen atoms in total. The fourth-order valence-electron chi connectivity index (χ4n) is 0.619. The van der Waals surface area contributed by atoms with Crippen LogP contribution in [0, 0.1) is 5.92 Å². The Morgan fingerprint density at radius 1 is 1.36 bits per heavy atom. The third-order valence-corrected chi connectivity index (χ3v) is 1.37. The van der Waals surface area contributed by atoms with E-state index in [0.717, 1.165) is 0 Å². The third-order valence-electron chi connectivity index (χ3n) is 1.37. The maximum absolute atomic E-state index is 10.1. The summed E-state index contributed by atoms with van der Waals surface area (Å²) in [5, 5.41) is 20.2. The van der Waals surface area contributed by atoms with Gasteiger partial charge in [0.15, 0.2) is 0 Å². The van der Waals surface area contributed by atoms with E-state index in [-0.39, 0.29) is 6.42 Å². The van der Waals surface area contributed by atoms with E-state index in [1.807, 2.05) is 0 Å². The molecular weight excluding hydrogens is 150 g/mol. The standard InChI is InChI=1S/C6H11NO4/c1-3(5(8)9)2-4(7)6(10)11/h3-4H,2,7H2,1H3,(H,8,9)(H,10,11)/p-1/t3?,4-/m0/s1. The van der Waals surface area contributed by atoms with Crippen LogP contribution in [0.1, 0.15) is 13.3 Å². The second-order valence-corrected chi connectivity index (χ2v) is 2.47. The molecule has 0 aromatic heterocycles. The molecule has 0 radical (unpaired) electrons. The number of carbonyl (C=O) groups is 2. The zero-order valence-electron chi connectivity index (χ0n) is 6.20. The minimum absolute atomic E-state index is 0.0509. The van der Waals surface area contributed by atoms with Gasteiger partial charge in [-0.25, -0.2) is 0 Å². The van der Waals surface area contributed by atoms with Crippen molar-refractivity contribution in [3.8, 4) is 0 Å². The molecule has 0 aliphatic heterocycles. The Hall–Kier alpha value is -1.10. The Bertz CT molecular complexity index is 150. The van der Waals surface area contributed by atoms with Crippen molar-refractivity contribution >= 4 is 11.9 Å². The molecule has 0 saturated carbocycles. The fraction of sp³-hybridized carbons (Fsp3) is 0.667. The van der Waals surface area contributed by atoms with Crippen LogP contribution in [-0.2, 0) is 9.59 Å². The van der Waals surface area contributed by atoms with Gasteiger partial charge in [-0.15, -0.1) is 0 Å². The van der Waals surface area contributed by atoms with Gasteiger partial charge in [-0.3, -0.25) is 0 Å². The molecule has 2 atom stereocenters. The average Bonchev–Trinajstić information content (AvgIpc) is 1.87. The number of carboxylic acid groups (broad SMARTS) is 2. The second kappa shape index (κ2) is 3.92. The van der Waals surface area contributed by atoms with Gasteiger partial charge >= 0.3 is 0 Å². The normalized spacial score (nSPS) is 15.5. The fourth-order valence-corrected chi connectivity index (χ4v) is 0.619. The first-order valence-corrected chi connectivity index (χ1v) is 3.20. The Morgan fingerprint density at radius 3 is 2.09 bits per heavy atom. The summed E-state index contributed by atoms with van der Waals surface area (Å²) in [7, 11) is 0.